The highest BCUT2D eigenvalue weighted by Gasteiger charge is 2.24. The molecule has 0 aliphatic heterocycles. The summed E-state index contributed by atoms with van der Waals surface area (Å²) in [7, 11) is 3.03. The number of nitro benzene ring substituents is 1. The number of anilines is 2. The molecule has 0 saturated heterocycles. The maximum atomic E-state index is 13.9. The third-order valence-corrected chi connectivity index (χ3v) is 10.0. The predicted octanol–water partition coefficient (Wildman–Crippen LogP) is 8.62. The van der Waals surface area contributed by atoms with E-state index in [9.17, 15) is 24.5 Å². The molecule has 0 radical (unpaired) electrons. The summed E-state index contributed by atoms with van der Waals surface area (Å²) in [6.45, 7) is 0. The monoisotopic (exact) mass is 771 g/mol. The Morgan fingerprint density at radius 2 is 1.58 bits per heavy atom. The molecule has 14 heteroatoms. The zero-order valence-electron chi connectivity index (χ0n) is 29.4. The van der Waals surface area contributed by atoms with Crippen LogP contribution in [0.3, 0.4) is 0 Å². The first kappa shape index (κ1) is 38.0. The smallest absolute Gasteiger partial charge is 0.272 e. The van der Waals surface area contributed by atoms with Crippen LogP contribution in [-0.2, 0) is 9.59 Å². The fourth-order valence-corrected chi connectivity index (χ4v) is 7.15. The van der Waals surface area contributed by atoms with Crippen molar-refractivity contribution in [2.45, 2.75) is 10.1 Å². The number of amides is 3. The number of thiazole rings is 1. The lowest BCUT2D eigenvalue weighted by Crippen LogP contribution is -2.30. The summed E-state index contributed by atoms with van der Waals surface area (Å²) in [5.74, 6) is -0.437. The minimum atomic E-state index is -0.724. The highest BCUT2D eigenvalue weighted by atomic mass is 32.2. The average Bonchev–Trinajstić information content (AvgIpc) is 3.68. The standard InChI is InChI=1S/C41H33N5O7S2/c1-52-32-19-20-36(53-2)29(22-32)23-34(43-38(47)27-13-7-4-8-14-27)39(48)42-30-16-10-18-33(24-30)55-37(26-11-5-3-6-12-26)40(49)45-41-44-35(25-54-41)28-15-9-17-31(21-28)46(50)51/h3-25,37H,1-2H3,(H,42,48)(H,43,47)(H,44,45,49)/b34-23+. The Labute approximate surface area is 324 Å². The molecular formula is C41H33N5O7S2. The van der Waals surface area contributed by atoms with Crippen molar-refractivity contribution in [3.8, 4) is 22.8 Å². The van der Waals surface area contributed by atoms with Crippen molar-refractivity contribution >= 4 is 63.4 Å². The normalized spacial score (nSPS) is 11.6. The van der Waals surface area contributed by atoms with Gasteiger partial charge in [0.1, 0.15) is 22.4 Å². The first-order valence-corrected chi connectivity index (χ1v) is 18.4. The van der Waals surface area contributed by atoms with Crippen molar-refractivity contribution in [1.82, 2.24) is 10.3 Å². The summed E-state index contributed by atoms with van der Waals surface area (Å²) >= 11 is 2.48. The molecule has 0 aliphatic rings. The number of hydrogen-bond acceptors (Lipinski definition) is 10. The lowest BCUT2D eigenvalue weighted by atomic mass is 10.1. The van der Waals surface area contributed by atoms with E-state index in [0.717, 1.165) is 5.56 Å². The van der Waals surface area contributed by atoms with E-state index >= 15 is 0 Å². The summed E-state index contributed by atoms with van der Waals surface area (Å²) in [4.78, 5) is 57.0. The van der Waals surface area contributed by atoms with Crippen LogP contribution in [0.1, 0.15) is 26.7 Å². The van der Waals surface area contributed by atoms with E-state index in [2.05, 4.69) is 20.9 Å². The van der Waals surface area contributed by atoms with Crippen LogP contribution in [-0.4, -0.2) is 41.8 Å². The minimum absolute atomic E-state index is 0.0482. The maximum absolute atomic E-state index is 13.9. The summed E-state index contributed by atoms with van der Waals surface area (Å²) in [5.41, 5.74) is 2.95. The zero-order valence-corrected chi connectivity index (χ0v) is 31.1. The number of nitrogens with zero attached hydrogens (tertiary/aromatic N) is 2. The summed E-state index contributed by atoms with van der Waals surface area (Å²) in [6.07, 6.45) is 1.51. The van der Waals surface area contributed by atoms with Crippen molar-refractivity contribution in [2.24, 2.45) is 0 Å². The first-order chi connectivity index (χ1) is 26.7. The van der Waals surface area contributed by atoms with Crippen LogP contribution in [0.4, 0.5) is 16.5 Å². The fraction of sp³-hybridized carbons (Fsp3) is 0.0732. The Morgan fingerprint density at radius 1 is 0.836 bits per heavy atom. The molecule has 0 bridgehead atoms. The first-order valence-electron chi connectivity index (χ1n) is 16.6. The molecule has 12 nitrogen and oxygen atoms in total. The number of aromatic nitrogens is 1. The Bertz CT molecular complexity index is 2370. The van der Waals surface area contributed by atoms with Gasteiger partial charge in [0, 0.05) is 44.8 Å². The minimum Gasteiger partial charge on any atom is -0.497 e. The SMILES string of the molecule is COc1ccc(OC)c(/C=C(/NC(=O)c2ccccc2)C(=O)Nc2cccc(SC(C(=O)Nc3nc(-c4cccc([N+](=O)[O-])c4)cs3)c3ccccc3)c2)c1. The number of hydrogen-bond donors (Lipinski definition) is 3. The highest BCUT2D eigenvalue weighted by molar-refractivity contribution is 8.00. The van der Waals surface area contributed by atoms with Crippen molar-refractivity contribution < 1.29 is 28.8 Å². The Balaban J connectivity index is 1.24. The molecule has 3 N–H and O–H groups in total. The van der Waals surface area contributed by atoms with Gasteiger partial charge in [-0.3, -0.25) is 24.5 Å². The van der Waals surface area contributed by atoms with Crippen LogP contribution in [0.5, 0.6) is 11.5 Å². The number of rotatable bonds is 14. The van der Waals surface area contributed by atoms with Gasteiger partial charge in [-0.05, 0) is 60.2 Å². The van der Waals surface area contributed by atoms with Crippen molar-refractivity contribution in [3.05, 3.63) is 165 Å². The molecule has 6 aromatic rings. The number of ether oxygens (including phenoxy) is 2. The number of methoxy groups -OCH3 is 2. The van der Waals surface area contributed by atoms with E-state index < -0.39 is 22.0 Å². The van der Waals surface area contributed by atoms with Gasteiger partial charge in [0.15, 0.2) is 5.13 Å². The predicted molar refractivity (Wildman–Crippen MR) is 214 cm³/mol. The summed E-state index contributed by atoms with van der Waals surface area (Å²) < 4.78 is 10.9. The lowest BCUT2D eigenvalue weighted by molar-refractivity contribution is -0.384. The highest BCUT2D eigenvalue weighted by Crippen LogP contribution is 2.38. The third-order valence-electron chi connectivity index (χ3n) is 8.04. The van der Waals surface area contributed by atoms with E-state index in [-0.39, 0.29) is 17.3 Å². The number of non-ortho nitro benzene ring substituents is 1. The maximum Gasteiger partial charge on any atom is 0.272 e. The van der Waals surface area contributed by atoms with Crippen LogP contribution < -0.4 is 25.4 Å². The van der Waals surface area contributed by atoms with E-state index in [1.165, 1.54) is 55.5 Å². The van der Waals surface area contributed by atoms with Crippen molar-refractivity contribution in [1.29, 1.82) is 0 Å². The topological polar surface area (TPSA) is 162 Å². The Morgan fingerprint density at radius 3 is 2.31 bits per heavy atom. The van der Waals surface area contributed by atoms with Gasteiger partial charge in [-0.2, -0.15) is 0 Å². The molecule has 1 heterocycles. The van der Waals surface area contributed by atoms with Gasteiger partial charge < -0.3 is 25.4 Å². The van der Waals surface area contributed by atoms with Gasteiger partial charge in [-0.25, -0.2) is 4.98 Å². The van der Waals surface area contributed by atoms with Crippen molar-refractivity contribution in [3.63, 3.8) is 0 Å². The molecule has 0 spiro atoms. The molecule has 6 rings (SSSR count). The largest absolute Gasteiger partial charge is 0.497 e. The molecule has 1 atom stereocenters. The van der Waals surface area contributed by atoms with Crippen LogP contribution in [0, 0.1) is 10.1 Å². The van der Waals surface area contributed by atoms with Gasteiger partial charge in [-0.15, -0.1) is 23.1 Å². The summed E-state index contributed by atoms with van der Waals surface area (Å²) in [5, 5.41) is 21.1. The molecule has 3 amide bonds. The molecule has 1 aromatic heterocycles. The van der Waals surface area contributed by atoms with Crippen molar-refractivity contribution in [2.75, 3.05) is 24.9 Å². The summed E-state index contributed by atoms with van der Waals surface area (Å²) in [6, 6.07) is 36.0. The van der Waals surface area contributed by atoms with Crippen LogP contribution >= 0.6 is 23.1 Å². The molecule has 0 fully saturated rings. The molecule has 0 saturated carbocycles. The van der Waals surface area contributed by atoms with E-state index in [0.29, 0.717) is 49.6 Å². The number of benzene rings is 5. The zero-order chi connectivity index (χ0) is 38.7. The van der Waals surface area contributed by atoms with Crippen LogP contribution in [0.2, 0.25) is 0 Å². The van der Waals surface area contributed by atoms with E-state index in [1.807, 2.05) is 36.4 Å². The number of nitrogens with one attached hydrogen (secondary N) is 3. The number of nitro groups is 1. The molecule has 55 heavy (non-hydrogen) atoms. The number of thioether (sulfide) groups is 1. The second-order valence-electron chi connectivity index (χ2n) is 11.7. The fourth-order valence-electron chi connectivity index (χ4n) is 5.35. The Kier molecular flexibility index (Phi) is 12.3. The molecular weight excluding hydrogens is 739 g/mol. The molecule has 0 aliphatic carbocycles. The van der Waals surface area contributed by atoms with Gasteiger partial charge in [0.2, 0.25) is 5.91 Å². The average molecular weight is 772 g/mol. The van der Waals surface area contributed by atoms with Gasteiger partial charge in [-0.1, -0.05) is 66.7 Å². The van der Waals surface area contributed by atoms with Gasteiger partial charge >= 0.3 is 0 Å². The van der Waals surface area contributed by atoms with E-state index in [1.54, 1.807) is 84.2 Å². The quantitative estimate of drug-likeness (QED) is 0.0426. The second kappa shape index (κ2) is 17.8. The molecule has 1 unspecified atom stereocenters. The second-order valence-corrected chi connectivity index (χ2v) is 13.7. The van der Waals surface area contributed by atoms with Gasteiger partial charge in [0.25, 0.3) is 17.5 Å². The Hall–Kier alpha value is -6.77. The molecule has 276 valence electrons. The van der Waals surface area contributed by atoms with E-state index in [4.69, 9.17) is 9.47 Å². The lowest BCUT2D eigenvalue weighted by Gasteiger charge is -2.17. The third kappa shape index (κ3) is 9.81. The number of carbonyl (C=O) groups excluding carboxylic acids is 3. The van der Waals surface area contributed by atoms with Crippen LogP contribution in [0.15, 0.2) is 143 Å². The number of carbonyl (C=O) groups is 3. The van der Waals surface area contributed by atoms with Gasteiger partial charge in [0.05, 0.1) is 24.8 Å². The molecule has 5 aromatic carbocycles. The van der Waals surface area contributed by atoms with Crippen LogP contribution in [0.25, 0.3) is 17.3 Å².